The number of ether oxygens (including phenoxy) is 2. The molecule has 1 aromatic heterocycles. The predicted molar refractivity (Wildman–Crippen MR) is 111 cm³/mol. The standard InChI is InChI=1S/C23H30N2O3/c1-2-23(26)28-22-9-4-3-8-21(22)27-18-6-5-7-19-12-16-25(17-13-19)20-10-14-24-15-11-20/h3-4,8-11,14-15,19H,2,5-7,12-13,16-18H2,1H3. The Labute approximate surface area is 167 Å². The maximum absolute atomic E-state index is 11.5. The zero-order chi connectivity index (χ0) is 19.6. The van der Waals surface area contributed by atoms with E-state index >= 15 is 0 Å². The van der Waals surface area contributed by atoms with Crippen molar-refractivity contribution in [2.75, 3.05) is 24.6 Å². The van der Waals surface area contributed by atoms with Crippen LogP contribution in [0.25, 0.3) is 0 Å². The lowest BCUT2D eigenvalue weighted by molar-refractivity contribution is -0.134. The molecule has 2 heterocycles. The molecule has 5 heteroatoms. The fraction of sp³-hybridized carbons (Fsp3) is 0.478. The molecule has 0 bridgehead atoms. The van der Waals surface area contributed by atoms with Gasteiger partial charge >= 0.3 is 5.97 Å². The number of esters is 1. The van der Waals surface area contributed by atoms with Gasteiger partial charge in [-0.3, -0.25) is 9.78 Å². The van der Waals surface area contributed by atoms with Crippen LogP contribution in [0.1, 0.15) is 45.4 Å². The molecule has 3 rings (SSSR count). The van der Waals surface area contributed by atoms with Gasteiger partial charge in [0.1, 0.15) is 0 Å². The summed E-state index contributed by atoms with van der Waals surface area (Å²) in [6, 6.07) is 11.6. The van der Waals surface area contributed by atoms with Gasteiger partial charge in [-0.15, -0.1) is 0 Å². The van der Waals surface area contributed by atoms with Crippen molar-refractivity contribution in [3.05, 3.63) is 48.8 Å². The zero-order valence-electron chi connectivity index (χ0n) is 16.7. The summed E-state index contributed by atoms with van der Waals surface area (Å²) in [6.45, 7) is 4.69. The molecule has 28 heavy (non-hydrogen) atoms. The first-order valence-electron chi connectivity index (χ1n) is 10.3. The number of nitrogens with zero attached hydrogens (tertiary/aromatic N) is 2. The number of hydrogen-bond donors (Lipinski definition) is 0. The molecule has 5 nitrogen and oxygen atoms in total. The van der Waals surface area contributed by atoms with Gasteiger partial charge in [0.2, 0.25) is 0 Å². The van der Waals surface area contributed by atoms with Crippen molar-refractivity contribution >= 4 is 11.7 Å². The van der Waals surface area contributed by atoms with Gasteiger partial charge in [0.05, 0.1) is 6.61 Å². The summed E-state index contributed by atoms with van der Waals surface area (Å²) in [5.74, 6) is 1.72. The Morgan fingerprint density at radius 3 is 2.50 bits per heavy atom. The average molecular weight is 383 g/mol. The highest BCUT2D eigenvalue weighted by Gasteiger charge is 2.19. The summed E-state index contributed by atoms with van der Waals surface area (Å²) in [5, 5.41) is 0. The van der Waals surface area contributed by atoms with Crippen LogP contribution in [0.4, 0.5) is 5.69 Å². The first-order valence-corrected chi connectivity index (χ1v) is 10.3. The fourth-order valence-electron chi connectivity index (χ4n) is 3.60. The third kappa shape index (κ3) is 5.98. The van der Waals surface area contributed by atoms with Crippen molar-refractivity contribution in [2.24, 2.45) is 5.92 Å². The Morgan fingerprint density at radius 2 is 1.79 bits per heavy atom. The van der Waals surface area contributed by atoms with E-state index in [0.717, 1.165) is 31.8 Å². The zero-order valence-corrected chi connectivity index (χ0v) is 16.7. The molecule has 0 spiro atoms. The minimum Gasteiger partial charge on any atom is -0.490 e. The molecule has 0 amide bonds. The van der Waals surface area contributed by atoms with Gasteiger partial charge < -0.3 is 14.4 Å². The summed E-state index contributed by atoms with van der Waals surface area (Å²) in [4.78, 5) is 18.1. The normalized spacial score (nSPS) is 14.7. The molecule has 0 radical (unpaired) electrons. The van der Waals surface area contributed by atoms with Crippen LogP contribution in [0.2, 0.25) is 0 Å². The lowest BCUT2D eigenvalue weighted by Crippen LogP contribution is -2.33. The number of carbonyl (C=O) groups is 1. The van der Waals surface area contributed by atoms with E-state index in [9.17, 15) is 4.79 Å². The number of hydrogen-bond acceptors (Lipinski definition) is 5. The van der Waals surface area contributed by atoms with Crippen LogP contribution in [0.5, 0.6) is 11.5 Å². The van der Waals surface area contributed by atoms with Gasteiger partial charge in [0.15, 0.2) is 11.5 Å². The number of pyridine rings is 1. The Morgan fingerprint density at radius 1 is 1.07 bits per heavy atom. The molecule has 150 valence electrons. The van der Waals surface area contributed by atoms with Crippen molar-refractivity contribution in [1.29, 1.82) is 0 Å². The maximum atomic E-state index is 11.5. The van der Waals surface area contributed by atoms with Gasteiger partial charge in [-0.05, 0) is 55.9 Å². The number of rotatable bonds is 9. The number of benzene rings is 1. The van der Waals surface area contributed by atoms with Crippen molar-refractivity contribution in [1.82, 2.24) is 4.98 Å². The monoisotopic (exact) mass is 382 g/mol. The highest BCUT2D eigenvalue weighted by molar-refractivity contribution is 5.72. The van der Waals surface area contributed by atoms with Crippen molar-refractivity contribution in [3.63, 3.8) is 0 Å². The van der Waals surface area contributed by atoms with Crippen LogP contribution in [0.3, 0.4) is 0 Å². The second-order valence-electron chi connectivity index (χ2n) is 7.25. The van der Waals surface area contributed by atoms with E-state index in [1.54, 1.807) is 13.0 Å². The van der Waals surface area contributed by atoms with Crippen LogP contribution in [-0.2, 0) is 4.79 Å². The predicted octanol–water partition coefficient (Wildman–Crippen LogP) is 4.86. The third-order valence-electron chi connectivity index (χ3n) is 5.27. The van der Waals surface area contributed by atoms with Gasteiger partial charge in [-0.25, -0.2) is 0 Å². The molecule has 0 N–H and O–H groups in total. The smallest absolute Gasteiger partial charge is 0.311 e. The molecule has 1 aliphatic rings. The Hall–Kier alpha value is -2.56. The van der Waals surface area contributed by atoms with Crippen LogP contribution in [0.15, 0.2) is 48.8 Å². The molecule has 0 atom stereocenters. The van der Waals surface area contributed by atoms with Gasteiger partial charge in [-0.1, -0.05) is 25.5 Å². The van der Waals surface area contributed by atoms with E-state index < -0.39 is 0 Å². The topological polar surface area (TPSA) is 51.7 Å². The Bertz CT molecular complexity index is 728. The molecular formula is C23H30N2O3. The summed E-state index contributed by atoms with van der Waals surface area (Å²) >= 11 is 0. The SMILES string of the molecule is CCC(=O)Oc1ccccc1OCCCCC1CCN(c2ccncc2)CC1. The maximum Gasteiger partial charge on any atom is 0.311 e. The summed E-state index contributed by atoms with van der Waals surface area (Å²) in [6.07, 6.45) is 10.0. The van der Waals surface area contributed by atoms with E-state index in [1.807, 2.05) is 30.6 Å². The second kappa shape index (κ2) is 10.7. The molecule has 1 saturated heterocycles. The van der Waals surface area contributed by atoms with Crippen molar-refractivity contribution < 1.29 is 14.3 Å². The van der Waals surface area contributed by atoms with E-state index in [1.165, 1.54) is 24.9 Å². The van der Waals surface area contributed by atoms with E-state index in [0.29, 0.717) is 24.5 Å². The minimum absolute atomic E-state index is 0.242. The largest absolute Gasteiger partial charge is 0.490 e. The first-order chi connectivity index (χ1) is 13.8. The summed E-state index contributed by atoms with van der Waals surface area (Å²) in [5.41, 5.74) is 1.28. The minimum atomic E-state index is -0.242. The molecule has 0 saturated carbocycles. The van der Waals surface area contributed by atoms with Gasteiger partial charge in [0, 0.05) is 37.6 Å². The highest BCUT2D eigenvalue weighted by atomic mass is 16.6. The van der Waals surface area contributed by atoms with Gasteiger partial charge in [0.25, 0.3) is 0 Å². The van der Waals surface area contributed by atoms with E-state index in [-0.39, 0.29) is 5.97 Å². The highest BCUT2D eigenvalue weighted by Crippen LogP contribution is 2.28. The molecule has 1 aliphatic heterocycles. The van der Waals surface area contributed by atoms with Crippen LogP contribution < -0.4 is 14.4 Å². The van der Waals surface area contributed by atoms with Gasteiger partial charge in [-0.2, -0.15) is 0 Å². The number of piperidine rings is 1. The molecule has 1 aromatic carbocycles. The quantitative estimate of drug-likeness (QED) is 0.352. The van der Waals surface area contributed by atoms with Crippen molar-refractivity contribution in [3.8, 4) is 11.5 Å². The molecule has 0 aliphatic carbocycles. The molecule has 2 aromatic rings. The molecule has 1 fully saturated rings. The summed E-state index contributed by atoms with van der Waals surface area (Å²) < 4.78 is 11.2. The first kappa shape index (κ1) is 20.2. The van der Waals surface area contributed by atoms with E-state index in [2.05, 4.69) is 22.0 Å². The average Bonchev–Trinajstić information content (AvgIpc) is 2.75. The number of unbranched alkanes of at least 4 members (excludes halogenated alkanes) is 1. The lowest BCUT2D eigenvalue weighted by atomic mass is 9.91. The molecular weight excluding hydrogens is 352 g/mol. The van der Waals surface area contributed by atoms with Crippen LogP contribution in [-0.4, -0.2) is 30.6 Å². The number of aromatic nitrogens is 1. The molecule has 0 unspecified atom stereocenters. The lowest BCUT2D eigenvalue weighted by Gasteiger charge is -2.33. The number of para-hydroxylation sites is 2. The summed E-state index contributed by atoms with van der Waals surface area (Å²) in [7, 11) is 0. The fourth-order valence-corrected chi connectivity index (χ4v) is 3.60. The Kier molecular flexibility index (Phi) is 7.71. The second-order valence-corrected chi connectivity index (χ2v) is 7.25. The Balaban J connectivity index is 1.33. The van der Waals surface area contributed by atoms with Crippen molar-refractivity contribution in [2.45, 2.75) is 45.4 Å². The number of carbonyl (C=O) groups excluding carboxylic acids is 1. The number of anilines is 1. The van der Waals surface area contributed by atoms with E-state index in [4.69, 9.17) is 9.47 Å². The van der Waals surface area contributed by atoms with Crippen LogP contribution >= 0.6 is 0 Å². The third-order valence-corrected chi connectivity index (χ3v) is 5.27. The van der Waals surface area contributed by atoms with Crippen LogP contribution in [0, 0.1) is 5.92 Å².